The van der Waals surface area contributed by atoms with Crippen LogP contribution in [0.3, 0.4) is 0 Å². The summed E-state index contributed by atoms with van der Waals surface area (Å²) in [7, 11) is 1.50. The number of hydrogen-bond donors (Lipinski definition) is 0. The zero-order chi connectivity index (χ0) is 18.1. The van der Waals surface area contributed by atoms with Crippen LogP contribution in [0.15, 0.2) is 27.8 Å². The molecule has 0 unspecified atom stereocenters. The second kappa shape index (κ2) is 10.7. The van der Waals surface area contributed by atoms with Gasteiger partial charge in [-0.3, -0.25) is 4.84 Å². The van der Waals surface area contributed by atoms with E-state index < -0.39 is 6.09 Å². The second-order valence-electron chi connectivity index (χ2n) is 4.18. The lowest BCUT2D eigenvalue weighted by molar-refractivity contribution is 0.137. The van der Waals surface area contributed by atoms with Gasteiger partial charge in [-0.05, 0) is 32.2 Å². The van der Waals surface area contributed by atoms with Crippen LogP contribution in [0.25, 0.3) is 0 Å². The number of hydrogen-bond acceptors (Lipinski definition) is 7. The number of halogens is 2. The van der Waals surface area contributed by atoms with Crippen LogP contribution in [0.1, 0.15) is 19.4 Å². The van der Waals surface area contributed by atoms with E-state index in [1.165, 1.54) is 23.1 Å². The molecule has 0 fully saturated rings. The van der Waals surface area contributed by atoms with Gasteiger partial charge in [0, 0.05) is 7.05 Å². The summed E-state index contributed by atoms with van der Waals surface area (Å²) >= 11 is 14.5. The summed E-state index contributed by atoms with van der Waals surface area (Å²) in [4.78, 5) is 16.6. The van der Waals surface area contributed by atoms with Gasteiger partial charge < -0.3 is 4.74 Å². The first-order valence-electron chi connectivity index (χ1n) is 6.76. The van der Waals surface area contributed by atoms with Gasteiger partial charge in [0.1, 0.15) is 17.2 Å². The maximum atomic E-state index is 11.8. The van der Waals surface area contributed by atoms with Gasteiger partial charge in [-0.1, -0.05) is 34.4 Å². The van der Waals surface area contributed by atoms with Crippen molar-refractivity contribution < 1.29 is 14.4 Å². The molecule has 1 amide bonds. The fraction of sp³-hybridized carbons (Fsp3) is 0.357. The minimum absolute atomic E-state index is 0.224. The Morgan fingerprint density at radius 1 is 1.33 bits per heavy atom. The Hall–Kier alpha value is -1.09. The van der Waals surface area contributed by atoms with E-state index in [1.807, 2.05) is 13.2 Å². The van der Waals surface area contributed by atoms with Gasteiger partial charge >= 0.3 is 6.09 Å². The molecule has 0 aliphatic rings. The highest BCUT2D eigenvalue weighted by Crippen LogP contribution is 2.27. The Morgan fingerprint density at radius 3 is 2.50 bits per heavy atom. The van der Waals surface area contributed by atoms with Gasteiger partial charge in [-0.15, -0.1) is 11.8 Å². The molecule has 0 radical (unpaired) electrons. The number of ether oxygens (including phenoxy) is 1. The standard InChI is InChI=1S/C14H17Cl2N3O3S2/c1-5-21-13(12-10(15)7-6-8-11(12)16)18-24-19(3)14(20)22-17-9(2)23-4/h6-8H,5H2,1-4H3. The molecule has 0 heterocycles. The molecule has 6 nitrogen and oxygen atoms in total. The Morgan fingerprint density at radius 2 is 1.96 bits per heavy atom. The quantitative estimate of drug-likeness (QED) is 0.222. The number of thioether (sulfide) groups is 1. The molecular formula is C14H17Cl2N3O3S2. The average molecular weight is 410 g/mol. The summed E-state index contributed by atoms with van der Waals surface area (Å²) in [6.45, 7) is 3.91. The van der Waals surface area contributed by atoms with Gasteiger partial charge in [-0.25, -0.2) is 9.10 Å². The molecule has 0 bridgehead atoms. The van der Waals surface area contributed by atoms with Crippen LogP contribution in [-0.4, -0.2) is 41.3 Å². The summed E-state index contributed by atoms with van der Waals surface area (Å²) in [6, 6.07) is 5.08. The molecule has 132 valence electrons. The Labute approximate surface area is 159 Å². The highest BCUT2D eigenvalue weighted by atomic mass is 35.5. The highest BCUT2D eigenvalue weighted by molar-refractivity contribution is 8.13. The topological polar surface area (TPSA) is 63.5 Å². The maximum Gasteiger partial charge on any atom is 0.447 e. The molecule has 1 aromatic rings. The lowest BCUT2D eigenvalue weighted by atomic mass is 10.2. The van der Waals surface area contributed by atoms with Crippen molar-refractivity contribution in [3.63, 3.8) is 0 Å². The molecule has 1 rings (SSSR count). The second-order valence-corrected chi connectivity index (χ2v) is 6.88. The third-order valence-corrected chi connectivity index (χ3v) is 4.45. The van der Waals surface area contributed by atoms with E-state index in [-0.39, 0.29) is 5.90 Å². The van der Waals surface area contributed by atoms with E-state index in [1.54, 1.807) is 25.1 Å². The zero-order valence-corrected chi connectivity index (χ0v) is 16.7. The number of benzene rings is 1. The van der Waals surface area contributed by atoms with Crippen molar-refractivity contribution in [1.82, 2.24) is 4.31 Å². The predicted molar refractivity (Wildman–Crippen MR) is 103 cm³/mol. The third-order valence-electron chi connectivity index (χ3n) is 2.51. The minimum atomic E-state index is -0.668. The summed E-state index contributed by atoms with van der Waals surface area (Å²) in [5.74, 6) is 0.224. The number of carbonyl (C=O) groups excluding carboxylic acids is 1. The van der Waals surface area contributed by atoms with Crippen LogP contribution in [0, 0.1) is 0 Å². The van der Waals surface area contributed by atoms with E-state index in [0.29, 0.717) is 27.3 Å². The maximum absolute atomic E-state index is 11.8. The van der Waals surface area contributed by atoms with Crippen LogP contribution < -0.4 is 0 Å². The minimum Gasteiger partial charge on any atom is -0.477 e. The summed E-state index contributed by atoms with van der Waals surface area (Å²) in [5, 5.41) is 5.10. The molecule has 0 saturated heterocycles. The van der Waals surface area contributed by atoms with Gasteiger partial charge in [-0.2, -0.15) is 4.40 Å². The first kappa shape index (κ1) is 21.0. The number of rotatable bonds is 5. The smallest absolute Gasteiger partial charge is 0.447 e. The summed E-state index contributed by atoms with van der Waals surface area (Å²) in [6.07, 6.45) is 1.16. The van der Waals surface area contributed by atoms with Crippen LogP contribution in [0.4, 0.5) is 4.79 Å². The first-order chi connectivity index (χ1) is 11.4. The van der Waals surface area contributed by atoms with Gasteiger partial charge in [0.05, 0.1) is 22.2 Å². The largest absolute Gasteiger partial charge is 0.477 e. The van der Waals surface area contributed by atoms with Crippen LogP contribution >= 0.6 is 47.1 Å². The van der Waals surface area contributed by atoms with E-state index in [9.17, 15) is 4.79 Å². The van der Waals surface area contributed by atoms with E-state index in [0.717, 1.165) is 12.1 Å². The Balaban J connectivity index is 2.88. The average Bonchev–Trinajstić information content (AvgIpc) is 2.56. The third kappa shape index (κ3) is 6.43. The van der Waals surface area contributed by atoms with Crippen LogP contribution in [-0.2, 0) is 9.57 Å². The molecular weight excluding hydrogens is 393 g/mol. The Bertz CT molecular complexity index is 621. The highest BCUT2D eigenvalue weighted by Gasteiger charge is 2.17. The zero-order valence-electron chi connectivity index (χ0n) is 13.6. The molecule has 0 N–H and O–H groups in total. The molecule has 0 aliphatic heterocycles. The number of amides is 1. The van der Waals surface area contributed by atoms with E-state index in [2.05, 4.69) is 9.55 Å². The fourth-order valence-corrected chi connectivity index (χ4v) is 2.42. The van der Waals surface area contributed by atoms with Crippen molar-refractivity contribution in [1.29, 1.82) is 0 Å². The van der Waals surface area contributed by atoms with E-state index >= 15 is 0 Å². The van der Waals surface area contributed by atoms with Gasteiger partial charge in [0.2, 0.25) is 5.90 Å². The monoisotopic (exact) mass is 409 g/mol. The molecule has 0 aromatic heterocycles. The fourth-order valence-electron chi connectivity index (χ4n) is 1.31. The molecule has 0 aliphatic carbocycles. The first-order valence-corrected chi connectivity index (χ1v) is 9.47. The molecule has 0 atom stereocenters. The molecule has 1 aromatic carbocycles. The number of carbonyl (C=O) groups is 1. The normalized spacial score (nSPS) is 12.1. The predicted octanol–water partition coefficient (Wildman–Crippen LogP) is 5.10. The van der Waals surface area contributed by atoms with Crippen LogP contribution in [0.5, 0.6) is 0 Å². The van der Waals surface area contributed by atoms with Crippen LogP contribution in [0.2, 0.25) is 10.0 Å². The van der Waals surface area contributed by atoms with Crippen molar-refractivity contribution in [2.45, 2.75) is 13.8 Å². The van der Waals surface area contributed by atoms with Gasteiger partial charge in [0.25, 0.3) is 0 Å². The molecule has 10 heteroatoms. The molecule has 0 spiro atoms. The SMILES string of the molecule is CCOC(=NSN(C)C(=O)ON=C(C)SC)c1c(Cl)cccc1Cl. The molecule has 24 heavy (non-hydrogen) atoms. The van der Waals surface area contributed by atoms with Crippen molar-refractivity contribution in [3.05, 3.63) is 33.8 Å². The van der Waals surface area contributed by atoms with Crippen molar-refractivity contribution >= 4 is 64.1 Å². The van der Waals surface area contributed by atoms with E-state index in [4.69, 9.17) is 32.8 Å². The van der Waals surface area contributed by atoms with Crippen molar-refractivity contribution in [3.8, 4) is 0 Å². The van der Waals surface area contributed by atoms with Gasteiger partial charge in [0.15, 0.2) is 0 Å². The summed E-state index contributed by atoms with van der Waals surface area (Å²) < 4.78 is 10.8. The van der Waals surface area contributed by atoms with Crippen molar-refractivity contribution in [2.24, 2.45) is 9.55 Å². The lowest BCUT2D eigenvalue weighted by Gasteiger charge is -2.13. The number of oxime groups is 1. The molecule has 0 saturated carbocycles. The lowest BCUT2D eigenvalue weighted by Crippen LogP contribution is -2.19. The van der Waals surface area contributed by atoms with Crippen molar-refractivity contribution in [2.75, 3.05) is 19.9 Å². The number of nitrogens with zero attached hydrogens (tertiary/aromatic N) is 3. The Kier molecular flexibility index (Phi) is 9.35. The summed E-state index contributed by atoms with van der Waals surface area (Å²) in [5.41, 5.74) is 0.466.